The maximum atomic E-state index is 4.48. The van der Waals surface area contributed by atoms with Crippen LogP contribution in [0.2, 0.25) is 0 Å². The molecule has 0 saturated carbocycles. The van der Waals surface area contributed by atoms with Gasteiger partial charge in [0, 0.05) is 18.0 Å². The van der Waals surface area contributed by atoms with Gasteiger partial charge in [-0.3, -0.25) is 0 Å². The van der Waals surface area contributed by atoms with Gasteiger partial charge < -0.3 is 5.32 Å². The first-order valence-corrected chi connectivity index (χ1v) is 6.94. The SMILES string of the molecule is CCNC(C)c1ccc(SCC(C)C)nc1. The molecule has 0 saturated heterocycles. The van der Waals surface area contributed by atoms with E-state index in [1.165, 1.54) is 5.56 Å². The maximum Gasteiger partial charge on any atom is 0.0960 e. The number of thioether (sulfide) groups is 1. The number of hydrogen-bond acceptors (Lipinski definition) is 3. The Labute approximate surface area is 103 Å². The minimum Gasteiger partial charge on any atom is -0.310 e. The lowest BCUT2D eigenvalue weighted by molar-refractivity contribution is 0.595. The highest BCUT2D eigenvalue weighted by Crippen LogP contribution is 2.20. The summed E-state index contributed by atoms with van der Waals surface area (Å²) < 4.78 is 0. The number of nitrogens with one attached hydrogen (secondary N) is 1. The monoisotopic (exact) mass is 238 g/mol. The van der Waals surface area contributed by atoms with Gasteiger partial charge in [0.05, 0.1) is 5.03 Å². The maximum absolute atomic E-state index is 4.48. The van der Waals surface area contributed by atoms with Crippen LogP contribution < -0.4 is 5.32 Å². The van der Waals surface area contributed by atoms with Crippen LogP contribution in [-0.2, 0) is 0 Å². The fourth-order valence-electron chi connectivity index (χ4n) is 1.41. The van der Waals surface area contributed by atoms with E-state index in [1.807, 2.05) is 18.0 Å². The molecule has 0 radical (unpaired) electrons. The molecule has 1 unspecified atom stereocenters. The first kappa shape index (κ1) is 13.5. The van der Waals surface area contributed by atoms with Gasteiger partial charge in [-0.25, -0.2) is 4.98 Å². The van der Waals surface area contributed by atoms with Crippen molar-refractivity contribution < 1.29 is 0 Å². The molecule has 0 aromatic carbocycles. The second kappa shape index (κ2) is 6.92. The van der Waals surface area contributed by atoms with E-state index in [1.54, 1.807) is 0 Å². The smallest absolute Gasteiger partial charge is 0.0960 e. The number of rotatable bonds is 6. The van der Waals surface area contributed by atoms with Crippen molar-refractivity contribution >= 4 is 11.8 Å². The van der Waals surface area contributed by atoms with Gasteiger partial charge in [-0.15, -0.1) is 11.8 Å². The van der Waals surface area contributed by atoms with Crippen LogP contribution in [0.5, 0.6) is 0 Å². The summed E-state index contributed by atoms with van der Waals surface area (Å²) in [4.78, 5) is 4.48. The summed E-state index contributed by atoms with van der Waals surface area (Å²) >= 11 is 1.83. The summed E-state index contributed by atoms with van der Waals surface area (Å²) in [5, 5.41) is 4.51. The predicted molar refractivity (Wildman–Crippen MR) is 71.9 cm³/mol. The molecule has 1 rings (SSSR count). The molecule has 0 amide bonds. The van der Waals surface area contributed by atoms with Crippen molar-refractivity contribution in [3.8, 4) is 0 Å². The molecule has 1 heterocycles. The summed E-state index contributed by atoms with van der Waals surface area (Å²) in [6.07, 6.45) is 1.98. The lowest BCUT2D eigenvalue weighted by atomic mass is 10.1. The van der Waals surface area contributed by atoms with Crippen LogP contribution in [0.1, 0.15) is 39.3 Å². The van der Waals surface area contributed by atoms with Crippen molar-refractivity contribution in [2.45, 2.75) is 38.8 Å². The standard InChI is InChI=1S/C13H22N2S/c1-5-14-11(4)12-6-7-13(15-8-12)16-9-10(2)3/h6-8,10-11,14H,5,9H2,1-4H3. The Morgan fingerprint density at radius 3 is 2.56 bits per heavy atom. The number of aromatic nitrogens is 1. The number of pyridine rings is 1. The van der Waals surface area contributed by atoms with Crippen molar-refractivity contribution in [3.63, 3.8) is 0 Å². The van der Waals surface area contributed by atoms with Gasteiger partial charge in [-0.2, -0.15) is 0 Å². The van der Waals surface area contributed by atoms with Crippen LogP contribution in [0.25, 0.3) is 0 Å². The molecule has 90 valence electrons. The van der Waals surface area contributed by atoms with Gasteiger partial charge in [0.15, 0.2) is 0 Å². The largest absolute Gasteiger partial charge is 0.310 e. The Kier molecular flexibility index (Phi) is 5.85. The Morgan fingerprint density at radius 2 is 2.06 bits per heavy atom. The first-order chi connectivity index (χ1) is 7.63. The zero-order valence-corrected chi connectivity index (χ0v) is 11.5. The highest BCUT2D eigenvalue weighted by Gasteiger charge is 2.04. The van der Waals surface area contributed by atoms with Crippen LogP contribution in [0.4, 0.5) is 0 Å². The minimum absolute atomic E-state index is 0.390. The third-order valence-corrected chi connectivity index (χ3v) is 3.70. The highest BCUT2D eigenvalue weighted by atomic mass is 32.2. The van der Waals surface area contributed by atoms with Crippen LogP contribution in [0.15, 0.2) is 23.4 Å². The quantitative estimate of drug-likeness (QED) is 0.768. The van der Waals surface area contributed by atoms with E-state index >= 15 is 0 Å². The fraction of sp³-hybridized carbons (Fsp3) is 0.615. The summed E-state index contributed by atoms with van der Waals surface area (Å²) in [6.45, 7) is 9.74. The van der Waals surface area contributed by atoms with Crippen LogP contribution >= 0.6 is 11.8 Å². The Hall–Kier alpha value is -0.540. The van der Waals surface area contributed by atoms with Crippen molar-refractivity contribution in [3.05, 3.63) is 23.9 Å². The summed E-state index contributed by atoms with van der Waals surface area (Å²) in [5.74, 6) is 1.85. The first-order valence-electron chi connectivity index (χ1n) is 5.95. The van der Waals surface area contributed by atoms with Crippen molar-refractivity contribution in [2.24, 2.45) is 5.92 Å². The van der Waals surface area contributed by atoms with Crippen molar-refractivity contribution in [1.82, 2.24) is 10.3 Å². The van der Waals surface area contributed by atoms with E-state index < -0.39 is 0 Å². The molecule has 2 nitrogen and oxygen atoms in total. The summed E-state index contributed by atoms with van der Waals surface area (Å²) in [7, 11) is 0. The third kappa shape index (κ3) is 4.54. The van der Waals surface area contributed by atoms with E-state index in [0.29, 0.717) is 12.0 Å². The molecule has 0 aliphatic heterocycles. The third-order valence-electron chi connectivity index (χ3n) is 2.33. The topological polar surface area (TPSA) is 24.9 Å². The number of hydrogen-bond donors (Lipinski definition) is 1. The Morgan fingerprint density at radius 1 is 1.31 bits per heavy atom. The average molecular weight is 238 g/mol. The molecule has 0 spiro atoms. The molecule has 0 aliphatic carbocycles. The van der Waals surface area contributed by atoms with Gasteiger partial charge in [0.25, 0.3) is 0 Å². The summed E-state index contributed by atoms with van der Waals surface area (Å²) in [5.41, 5.74) is 1.26. The van der Waals surface area contributed by atoms with Crippen molar-refractivity contribution in [2.75, 3.05) is 12.3 Å². The van der Waals surface area contributed by atoms with Gasteiger partial charge in [0.1, 0.15) is 0 Å². The second-order valence-electron chi connectivity index (χ2n) is 4.41. The molecule has 0 aliphatic rings. The second-order valence-corrected chi connectivity index (χ2v) is 5.45. The molecule has 3 heteroatoms. The van der Waals surface area contributed by atoms with E-state index in [4.69, 9.17) is 0 Å². The number of nitrogens with zero attached hydrogens (tertiary/aromatic N) is 1. The lowest BCUT2D eigenvalue weighted by Gasteiger charge is -2.12. The minimum atomic E-state index is 0.390. The fourth-order valence-corrected chi connectivity index (χ4v) is 2.20. The van der Waals surface area contributed by atoms with Gasteiger partial charge in [0.2, 0.25) is 0 Å². The van der Waals surface area contributed by atoms with Crippen LogP contribution in [0, 0.1) is 5.92 Å². The Bertz CT molecular complexity index is 295. The van der Waals surface area contributed by atoms with Crippen LogP contribution in [-0.4, -0.2) is 17.3 Å². The average Bonchev–Trinajstić information content (AvgIpc) is 2.27. The van der Waals surface area contributed by atoms with Gasteiger partial charge >= 0.3 is 0 Å². The van der Waals surface area contributed by atoms with Crippen LogP contribution in [0.3, 0.4) is 0 Å². The van der Waals surface area contributed by atoms with Gasteiger partial charge in [-0.05, 0) is 31.0 Å². The molecule has 1 aromatic heterocycles. The van der Waals surface area contributed by atoms with E-state index in [-0.39, 0.29) is 0 Å². The van der Waals surface area contributed by atoms with E-state index in [2.05, 4.69) is 50.1 Å². The molecule has 1 N–H and O–H groups in total. The van der Waals surface area contributed by atoms with Crippen molar-refractivity contribution in [1.29, 1.82) is 0 Å². The zero-order valence-electron chi connectivity index (χ0n) is 10.7. The zero-order chi connectivity index (χ0) is 12.0. The molecular weight excluding hydrogens is 216 g/mol. The molecule has 0 bridgehead atoms. The molecule has 1 aromatic rings. The normalized spacial score (nSPS) is 13.1. The molecule has 16 heavy (non-hydrogen) atoms. The summed E-state index contributed by atoms with van der Waals surface area (Å²) in [6, 6.07) is 4.68. The van der Waals surface area contributed by atoms with E-state index in [0.717, 1.165) is 17.3 Å². The van der Waals surface area contributed by atoms with E-state index in [9.17, 15) is 0 Å². The molecule has 1 atom stereocenters. The van der Waals surface area contributed by atoms with Gasteiger partial charge in [-0.1, -0.05) is 26.8 Å². The predicted octanol–water partition coefficient (Wildman–Crippen LogP) is 3.50. The molecular formula is C13H22N2S. The lowest BCUT2D eigenvalue weighted by Crippen LogP contribution is -2.17. The highest BCUT2D eigenvalue weighted by molar-refractivity contribution is 7.99. The molecule has 0 fully saturated rings. The Balaban J connectivity index is 2.53.